The summed E-state index contributed by atoms with van der Waals surface area (Å²) in [5, 5.41) is -0.340. The maximum absolute atomic E-state index is 11.4. The van der Waals surface area contributed by atoms with Crippen molar-refractivity contribution in [2.45, 2.75) is 64.0 Å². The lowest BCUT2D eigenvalue weighted by atomic mass is 9.83. The Morgan fingerprint density at radius 3 is 2.33 bits per heavy atom. The van der Waals surface area contributed by atoms with Crippen molar-refractivity contribution in [2.24, 2.45) is 5.41 Å². The van der Waals surface area contributed by atoms with Gasteiger partial charge < -0.3 is 0 Å². The highest BCUT2D eigenvalue weighted by Crippen LogP contribution is 2.35. The number of halogens is 1. The van der Waals surface area contributed by atoms with Crippen molar-refractivity contribution in [3.8, 4) is 0 Å². The Kier molecular flexibility index (Phi) is 4.48. The largest absolute Gasteiger partial charge is 0.235 e. The van der Waals surface area contributed by atoms with Crippen LogP contribution in [-0.4, -0.2) is 13.7 Å². The predicted molar refractivity (Wildman–Crippen MR) is 64.7 cm³/mol. The highest BCUT2D eigenvalue weighted by molar-refractivity contribution is 8.14. The number of hydrogen-bond acceptors (Lipinski definition) is 2. The fraction of sp³-hybridized carbons (Fsp3) is 1.00. The summed E-state index contributed by atoms with van der Waals surface area (Å²) in [7, 11) is 2.11. The Hall–Kier alpha value is 0.240. The Balaban J connectivity index is 2.76. The third-order valence-electron chi connectivity index (χ3n) is 3.31. The second-order valence-corrected chi connectivity index (χ2v) is 8.33. The number of rotatable bonds is 1. The minimum Gasteiger partial charge on any atom is -0.212 e. The van der Waals surface area contributed by atoms with E-state index >= 15 is 0 Å². The van der Waals surface area contributed by atoms with Crippen LogP contribution in [0, 0.1) is 5.41 Å². The van der Waals surface area contributed by atoms with Crippen LogP contribution >= 0.6 is 10.7 Å². The first kappa shape index (κ1) is 13.3. The van der Waals surface area contributed by atoms with Gasteiger partial charge in [0.2, 0.25) is 9.05 Å². The normalized spacial score (nSPS) is 28.9. The summed E-state index contributed by atoms with van der Waals surface area (Å²) in [6.07, 6.45) is 7.11. The summed E-state index contributed by atoms with van der Waals surface area (Å²) in [5.74, 6) is 0. The van der Waals surface area contributed by atoms with E-state index in [4.69, 9.17) is 10.7 Å². The van der Waals surface area contributed by atoms with Gasteiger partial charge in [-0.1, -0.05) is 39.5 Å². The first-order valence-corrected chi connectivity index (χ1v) is 8.12. The van der Waals surface area contributed by atoms with Gasteiger partial charge in [-0.2, -0.15) is 0 Å². The molecule has 90 valence electrons. The molecule has 1 atom stereocenters. The van der Waals surface area contributed by atoms with Gasteiger partial charge in [0.15, 0.2) is 0 Å². The second-order valence-electron chi connectivity index (χ2n) is 5.42. The average Bonchev–Trinajstić information content (AvgIpc) is 2.13. The van der Waals surface area contributed by atoms with E-state index < -0.39 is 9.05 Å². The molecule has 1 rings (SSSR count). The highest BCUT2D eigenvalue weighted by Gasteiger charge is 2.31. The molecule has 1 aliphatic rings. The van der Waals surface area contributed by atoms with Crippen molar-refractivity contribution < 1.29 is 8.42 Å². The van der Waals surface area contributed by atoms with Crippen molar-refractivity contribution in [1.82, 2.24) is 0 Å². The maximum Gasteiger partial charge on any atom is 0.235 e. The summed E-state index contributed by atoms with van der Waals surface area (Å²) in [4.78, 5) is 0. The first-order valence-electron chi connectivity index (χ1n) is 5.75. The SMILES string of the molecule is CC1(C)CCCCCCC(S(=O)(=O)Cl)C1. The van der Waals surface area contributed by atoms with Crippen LogP contribution in [0.3, 0.4) is 0 Å². The van der Waals surface area contributed by atoms with Crippen LogP contribution in [0.5, 0.6) is 0 Å². The van der Waals surface area contributed by atoms with Crippen LogP contribution in [0.1, 0.15) is 58.8 Å². The molecular formula is C11H21ClO2S. The van der Waals surface area contributed by atoms with Gasteiger partial charge in [-0.15, -0.1) is 0 Å². The molecule has 0 saturated heterocycles. The Morgan fingerprint density at radius 1 is 1.13 bits per heavy atom. The third kappa shape index (κ3) is 4.73. The van der Waals surface area contributed by atoms with Crippen molar-refractivity contribution in [3.63, 3.8) is 0 Å². The molecule has 0 aliphatic heterocycles. The molecule has 2 nitrogen and oxygen atoms in total. The zero-order valence-corrected chi connectivity index (χ0v) is 11.2. The molecule has 0 aromatic carbocycles. The summed E-state index contributed by atoms with van der Waals surface area (Å²) < 4.78 is 22.8. The lowest BCUT2D eigenvalue weighted by Gasteiger charge is -2.27. The smallest absolute Gasteiger partial charge is 0.212 e. The summed E-state index contributed by atoms with van der Waals surface area (Å²) >= 11 is 0. The molecule has 1 aliphatic carbocycles. The molecule has 15 heavy (non-hydrogen) atoms. The van der Waals surface area contributed by atoms with E-state index in [2.05, 4.69) is 13.8 Å². The summed E-state index contributed by atoms with van der Waals surface area (Å²) in [5.41, 5.74) is 0.108. The van der Waals surface area contributed by atoms with Crippen molar-refractivity contribution in [3.05, 3.63) is 0 Å². The molecule has 0 spiro atoms. The monoisotopic (exact) mass is 252 g/mol. The Bertz CT molecular complexity index is 296. The zero-order valence-electron chi connectivity index (χ0n) is 9.63. The Labute approximate surface area is 97.8 Å². The highest BCUT2D eigenvalue weighted by atomic mass is 35.7. The van der Waals surface area contributed by atoms with E-state index in [0.29, 0.717) is 6.42 Å². The summed E-state index contributed by atoms with van der Waals surface area (Å²) in [6.45, 7) is 4.29. The fourth-order valence-electron chi connectivity index (χ4n) is 2.39. The first-order chi connectivity index (χ1) is 6.81. The zero-order chi connectivity index (χ0) is 11.5. The third-order valence-corrected chi connectivity index (χ3v) is 5.26. The van der Waals surface area contributed by atoms with Crippen molar-refractivity contribution in [1.29, 1.82) is 0 Å². The quantitative estimate of drug-likeness (QED) is 0.667. The molecule has 1 unspecified atom stereocenters. The van der Waals surface area contributed by atoms with Gasteiger partial charge in [-0.05, 0) is 24.7 Å². The fourth-order valence-corrected chi connectivity index (χ4v) is 3.94. The lowest BCUT2D eigenvalue weighted by Crippen LogP contribution is -2.24. The van der Waals surface area contributed by atoms with Gasteiger partial charge in [-0.25, -0.2) is 8.42 Å². The molecule has 1 saturated carbocycles. The molecule has 0 heterocycles. The van der Waals surface area contributed by atoms with Crippen molar-refractivity contribution in [2.75, 3.05) is 0 Å². The molecule has 1 fully saturated rings. The van der Waals surface area contributed by atoms with Gasteiger partial charge in [0.1, 0.15) is 0 Å². The van der Waals surface area contributed by atoms with Crippen molar-refractivity contribution >= 4 is 19.7 Å². The minimum atomic E-state index is -3.38. The van der Waals surface area contributed by atoms with Crippen LogP contribution in [0.2, 0.25) is 0 Å². The van der Waals surface area contributed by atoms with Crippen LogP contribution in [0.15, 0.2) is 0 Å². The second kappa shape index (κ2) is 5.05. The van der Waals surface area contributed by atoms with Gasteiger partial charge in [-0.3, -0.25) is 0 Å². The van der Waals surface area contributed by atoms with Crippen LogP contribution in [0.4, 0.5) is 0 Å². The maximum atomic E-state index is 11.4. The van der Waals surface area contributed by atoms with Gasteiger partial charge in [0, 0.05) is 10.7 Å². The standard InChI is InChI=1S/C11H21ClO2S/c1-11(2)8-6-4-3-5-7-10(9-11)15(12,13)14/h10H,3-9H2,1-2H3. The summed E-state index contributed by atoms with van der Waals surface area (Å²) in [6, 6.07) is 0. The molecule has 0 amide bonds. The molecule has 0 aromatic rings. The average molecular weight is 253 g/mol. The van der Waals surface area contributed by atoms with E-state index in [1.807, 2.05) is 0 Å². The predicted octanol–water partition coefficient (Wildman–Crippen LogP) is 3.69. The van der Waals surface area contributed by atoms with Crippen LogP contribution < -0.4 is 0 Å². The number of hydrogen-bond donors (Lipinski definition) is 0. The van der Waals surface area contributed by atoms with Gasteiger partial charge >= 0.3 is 0 Å². The van der Waals surface area contributed by atoms with E-state index in [1.54, 1.807) is 0 Å². The molecule has 4 heteroatoms. The minimum absolute atomic E-state index is 0.108. The molecule has 0 aromatic heterocycles. The molecule has 0 N–H and O–H groups in total. The van der Waals surface area contributed by atoms with Crippen LogP contribution in [-0.2, 0) is 9.05 Å². The van der Waals surface area contributed by atoms with E-state index in [1.165, 1.54) is 12.8 Å². The topological polar surface area (TPSA) is 34.1 Å². The van der Waals surface area contributed by atoms with Crippen LogP contribution in [0.25, 0.3) is 0 Å². The van der Waals surface area contributed by atoms with Gasteiger partial charge in [0.25, 0.3) is 0 Å². The van der Waals surface area contributed by atoms with Gasteiger partial charge in [0.05, 0.1) is 5.25 Å². The van der Waals surface area contributed by atoms with E-state index in [-0.39, 0.29) is 10.7 Å². The Morgan fingerprint density at radius 2 is 1.73 bits per heavy atom. The van der Waals surface area contributed by atoms with E-state index in [0.717, 1.165) is 25.7 Å². The molecular weight excluding hydrogens is 232 g/mol. The molecule has 0 bridgehead atoms. The lowest BCUT2D eigenvalue weighted by molar-refractivity contribution is 0.294. The van der Waals surface area contributed by atoms with E-state index in [9.17, 15) is 8.42 Å². The molecule has 0 radical (unpaired) electrons.